The van der Waals surface area contributed by atoms with Gasteiger partial charge in [-0.1, -0.05) is 17.7 Å². The summed E-state index contributed by atoms with van der Waals surface area (Å²) in [6, 6.07) is 14.7. The third kappa shape index (κ3) is 4.94. The van der Waals surface area contributed by atoms with E-state index in [1.807, 2.05) is 0 Å². The minimum absolute atomic E-state index is 0.0591. The number of sulfonamides is 1. The molecule has 0 radical (unpaired) electrons. The summed E-state index contributed by atoms with van der Waals surface area (Å²) < 4.78 is 29.4. The molecule has 12 heteroatoms. The van der Waals surface area contributed by atoms with Crippen LogP contribution >= 0.6 is 11.6 Å². The Hall–Kier alpha value is -3.96. The summed E-state index contributed by atoms with van der Waals surface area (Å²) in [6.07, 6.45) is 1.43. The fourth-order valence-electron chi connectivity index (χ4n) is 3.07. The molecule has 0 aliphatic rings. The van der Waals surface area contributed by atoms with Crippen molar-refractivity contribution in [3.63, 3.8) is 0 Å². The second-order valence-corrected chi connectivity index (χ2v) is 9.12. The molecule has 3 aromatic carbocycles. The van der Waals surface area contributed by atoms with E-state index < -0.39 is 15.9 Å². The lowest BCUT2D eigenvalue weighted by molar-refractivity contribution is 0.102. The smallest absolute Gasteiger partial charge is 0.261 e. The van der Waals surface area contributed by atoms with Gasteiger partial charge in [0.05, 0.1) is 22.0 Å². The molecule has 1 aromatic heterocycles. The number of aromatic nitrogens is 4. The Morgan fingerprint density at radius 3 is 2.61 bits per heavy atom. The Kier molecular flexibility index (Phi) is 5.99. The number of carbonyl (C=O) groups excluding carboxylic acids is 1. The highest BCUT2D eigenvalue weighted by Crippen LogP contribution is 2.28. The van der Waals surface area contributed by atoms with Crippen LogP contribution in [0.1, 0.15) is 15.9 Å². The van der Waals surface area contributed by atoms with Gasteiger partial charge in [-0.25, -0.2) is 13.1 Å². The Bertz CT molecular complexity index is 1440. The highest BCUT2D eigenvalue weighted by molar-refractivity contribution is 7.92. The highest BCUT2D eigenvalue weighted by atomic mass is 35.5. The summed E-state index contributed by atoms with van der Waals surface area (Å²) >= 11 is 5.90. The first-order valence-electron chi connectivity index (χ1n) is 9.50. The predicted molar refractivity (Wildman–Crippen MR) is 122 cm³/mol. The van der Waals surface area contributed by atoms with Crippen LogP contribution in [0.3, 0.4) is 0 Å². The molecule has 1 amide bonds. The molecule has 0 unspecified atom stereocenters. The first kappa shape index (κ1) is 22.2. The van der Waals surface area contributed by atoms with Gasteiger partial charge in [0, 0.05) is 10.6 Å². The van der Waals surface area contributed by atoms with E-state index in [9.17, 15) is 18.3 Å². The van der Waals surface area contributed by atoms with Crippen molar-refractivity contribution in [1.29, 1.82) is 0 Å². The number of benzene rings is 3. The van der Waals surface area contributed by atoms with Crippen molar-refractivity contribution in [3.05, 3.63) is 83.1 Å². The van der Waals surface area contributed by atoms with Gasteiger partial charge in [0.15, 0.2) is 0 Å². The van der Waals surface area contributed by atoms with Gasteiger partial charge in [-0.15, -0.1) is 5.10 Å². The van der Waals surface area contributed by atoms with Crippen LogP contribution in [0.2, 0.25) is 5.02 Å². The minimum atomic E-state index is -4.00. The lowest BCUT2D eigenvalue weighted by Gasteiger charge is -2.12. The Morgan fingerprint density at radius 1 is 1.09 bits per heavy atom. The molecule has 168 valence electrons. The third-order valence-corrected chi connectivity index (χ3v) is 6.27. The first-order valence-corrected chi connectivity index (χ1v) is 11.4. The lowest BCUT2D eigenvalue weighted by atomic mass is 10.1. The van der Waals surface area contributed by atoms with Crippen LogP contribution in [0, 0.1) is 6.92 Å². The van der Waals surface area contributed by atoms with Gasteiger partial charge in [-0.05, 0) is 77.5 Å². The van der Waals surface area contributed by atoms with Crippen molar-refractivity contribution in [2.75, 3.05) is 10.0 Å². The summed E-state index contributed by atoms with van der Waals surface area (Å²) in [6.45, 7) is 1.79. The molecule has 0 saturated heterocycles. The van der Waals surface area contributed by atoms with Gasteiger partial charge in [-0.2, -0.15) is 0 Å². The van der Waals surface area contributed by atoms with Crippen LogP contribution in [0.25, 0.3) is 5.69 Å². The van der Waals surface area contributed by atoms with Crippen molar-refractivity contribution in [3.8, 4) is 11.4 Å². The van der Waals surface area contributed by atoms with Gasteiger partial charge in [-0.3, -0.25) is 9.52 Å². The van der Waals surface area contributed by atoms with Crippen LogP contribution in [0.5, 0.6) is 5.75 Å². The molecule has 4 rings (SSSR count). The summed E-state index contributed by atoms with van der Waals surface area (Å²) in [4.78, 5) is 12.6. The molecular formula is C21H17ClN6O4S. The number of aromatic hydroxyl groups is 1. The number of nitrogens with one attached hydrogen (secondary N) is 2. The SMILES string of the molecule is Cc1cc(C(=O)Nc2cc(S(=O)(=O)Nc3cccc(Cl)c3)ccc2O)ccc1-n1cnnn1. The summed E-state index contributed by atoms with van der Waals surface area (Å²) in [5.74, 6) is -0.818. The number of nitrogens with zero attached hydrogens (tertiary/aromatic N) is 4. The Balaban J connectivity index is 1.57. The number of rotatable bonds is 6. The first-order chi connectivity index (χ1) is 15.7. The number of anilines is 2. The number of halogens is 1. The van der Waals surface area contributed by atoms with Crippen LogP contribution < -0.4 is 10.0 Å². The lowest BCUT2D eigenvalue weighted by Crippen LogP contribution is -2.15. The molecule has 0 aliphatic heterocycles. The molecule has 0 fully saturated rings. The number of aryl methyl sites for hydroxylation is 1. The van der Waals surface area contributed by atoms with Crippen molar-refractivity contribution in [2.45, 2.75) is 11.8 Å². The fourth-order valence-corrected chi connectivity index (χ4v) is 4.33. The zero-order valence-electron chi connectivity index (χ0n) is 17.1. The standard InChI is InChI=1S/C21H17ClN6O4S/c1-13-9-14(5-7-19(13)28-12-23-26-27-28)21(30)24-18-11-17(6-8-20(18)29)33(31,32)25-16-4-2-3-15(22)10-16/h2-12,25,29H,1H3,(H,24,30). The number of hydrogen-bond acceptors (Lipinski definition) is 7. The van der Waals surface area contributed by atoms with Crippen molar-refractivity contribution in [2.24, 2.45) is 0 Å². The van der Waals surface area contributed by atoms with E-state index in [4.69, 9.17) is 11.6 Å². The third-order valence-electron chi connectivity index (χ3n) is 4.66. The van der Waals surface area contributed by atoms with Crippen LogP contribution in [0.4, 0.5) is 11.4 Å². The average molecular weight is 485 g/mol. The molecule has 1 heterocycles. The predicted octanol–water partition coefficient (Wildman–Crippen LogP) is 3.38. The molecular weight excluding hydrogens is 468 g/mol. The van der Waals surface area contributed by atoms with E-state index >= 15 is 0 Å². The Morgan fingerprint density at radius 2 is 1.91 bits per heavy atom. The normalized spacial score (nSPS) is 11.2. The maximum Gasteiger partial charge on any atom is 0.261 e. The molecule has 3 N–H and O–H groups in total. The highest BCUT2D eigenvalue weighted by Gasteiger charge is 2.18. The van der Waals surface area contributed by atoms with Crippen molar-refractivity contribution < 1.29 is 18.3 Å². The number of amides is 1. The van der Waals surface area contributed by atoms with E-state index in [1.165, 1.54) is 35.3 Å². The fraction of sp³-hybridized carbons (Fsp3) is 0.0476. The maximum atomic E-state index is 12.8. The zero-order valence-corrected chi connectivity index (χ0v) is 18.7. The molecule has 0 atom stereocenters. The van der Waals surface area contributed by atoms with E-state index in [-0.39, 0.29) is 22.0 Å². The number of phenolic OH excluding ortho intramolecular Hbond substituents is 1. The molecule has 0 spiro atoms. The summed E-state index contributed by atoms with van der Waals surface area (Å²) in [7, 11) is -4.00. The molecule has 0 aliphatic carbocycles. The molecule has 0 bridgehead atoms. The minimum Gasteiger partial charge on any atom is -0.506 e. The summed E-state index contributed by atoms with van der Waals surface area (Å²) in [5, 5.41) is 24.1. The van der Waals surface area contributed by atoms with Gasteiger partial charge >= 0.3 is 0 Å². The molecule has 33 heavy (non-hydrogen) atoms. The average Bonchev–Trinajstić information content (AvgIpc) is 3.29. The number of hydrogen-bond donors (Lipinski definition) is 3. The summed E-state index contributed by atoms with van der Waals surface area (Å²) in [5.41, 5.74) is 1.95. The van der Waals surface area contributed by atoms with Crippen LogP contribution in [0.15, 0.2) is 71.9 Å². The maximum absolute atomic E-state index is 12.8. The Labute approximate surface area is 193 Å². The van der Waals surface area contributed by atoms with Gasteiger partial charge < -0.3 is 10.4 Å². The number of tetrazole rings is 1. The molecule has 0 saturated carbocycles. The van der Waals surface area contributed by atoms with Gasteiger partial charge in [0.1, 0.15) is 12.1 Å². The van der Waals surface area contributed by atoms with Gasteiger partial charge in [0.2, 0.25) is 0 Å². The van der Waals surface area contributed by atoms with Gasteiger partial charge in [0.25, 0.3) is 15.9 Å². The molecule has 4 aromatic rings. The van der Waals surface area contributed by atoms with Crippen LogP contribution in [-0.2, 0) is 10.0 Å². The molecule has 10 nitrogen and oxygen atoms in total. The number of carbonyl (C=O) groups is 1. The van der Waals surface area contributed by atoms with E-state index in [0.717, 1.165) is 5.56 Å². The van der Waals surface area contributed by atoms with E-state index in [0.29, 0.717) is 16.3 Å². The van der Waals surface area contributed by atoms with Crippen LogP contribution in [-0.4, -0.2) is 39.6 Å². The van der Waals surface area contributed by atoms with E-state index in [2.05, 4.69) is 25.6 Å². The monoisotopic (exact) mass is 484 g/mol. The largest absolute Gasteiger partial charge is 0.506 e. The second-order valence-electron chi connectivity index (χ2n) is 7.00. The topological polar surface area (TPSA) is 139 Å². The van der Waals surface area contributed by atoms with Crippen molar-refractivity contribution >= 4 is 38.9 Å². The van der Waals surface area contributed by atoms with E-state index in [1.54, 1.807) is 43.3 Å². The zero-order chi connectivity index (χ0) is 23.6. The quantitative estimate of drug-likeness (QED) is 0.356. The number of phenols is 1. The second kappa shape index (κ2) is 8.88. The van der Waals surface area contributed by atoms with Crippen molar-refractivity contribution in [1.82, 2.24) is 20.2 Å².